The van der Waals surface area contributed by atoms with Crippen molar-refractivity contribution in [1.29, 1.82) is 5.26 Å². The molecule has 3 saturated heterocycles. The van der Waals surface area contributed by atoms with E-state index >= 15 is 4.39 Å². The maximum absolute atomic E-state index is 15.5. The lowest BCUT2D eigenvalue weighted by Gasteiger charge is -2.31. The second-order valence-corrected chi connectivity index (χ2v) is 14.1. The summed E-state index contributed by atoms with van der Waals surface area (Å²) >= 11 is 7.86. The van der Waals surface area contributed by atoms with Crippen molar-refractivity contribution in [3.63, 3.8) is 0 Å². The molecule has 5 heterocycles. The van der Waals surface area contributed by atoms with Crippen LogP contribution in [0.2, 0.25) is 5.02 Å². The molecule has 2 aromatic heterocycles. The number of ether oxygens (including phenoxy) is 1. The molecule has 3 aliphatic rings. The first-order valence-electron chi connectivity index (χ1n) is 15.6. The summed E-state index contributed by atoms with van der Waals surface area (Å²) in [5.41, 5.74) is 6.25. The normalized spacial score (nSPS) is 23.5. The fourth-order valence-electron chi connectivity index (χ4n) is 7.62. The predicted molar refractivity (Wildman–Crippen MR) is 183 cm³/mol. The van der Waals surface area contributed by atoms with Gasteiger partial charge in [0.25, 0.3) is 0 Å². The summed E-state index contributed by atoms with van der Waals surface area (Å²) in [6.45, 7) is 12.3. The first kappa shape index (κ1) is 32.9. The second-order valence-electron chi connectivity index (χ2n) is 12.7. The Morgan fingerprint density at radius 3 is 2.90 bits per heavy atom. The number of nitrogens with two attached hydrogens (primary N) is 1. The molecule has 1 amide bonds. The van der Waals surface area contributed by atoms with Crippen LogP contribution in [-0.4, -0.2) is 89.4 Å². The Labute approximate surface area is 288 Å². The van der Waals surface area contributed by atoms with Crippen LogP contribution in [0, 0.1) is 23.7 Å². The number of benzene rings is 2. The van der Waals surface area contributed by atoms with Gasteiger partial charge in [-0.25, -0.2) is 18.0 Å². The lowest BCUT2D eigenvalue weighted by molar-refractivity contribution is -0.125. The topological polar surface area (TPSA) is 116 Å². The molecule has 0 bridgehead atoms. The van der Waals surface area contributed by atoms with Crippen molar-refractivity contribution in [2.45, 2.75) is 43.2 Å². The molecule has 0 radical (unpaired) electrons. The summed E-state index contributed by atoms with van der Waals surface area (Å²) in [4.78, 5) is 30.3. The third-order valence-corrected chi connectivity index (χ3v) is 11.3. The number of nitrogens with zero attached hydrogens (tertiary/aromatic N) is 7. The number of likely N-dealkylation sites (tertiary alicyclic amines) is 1. The van der Waals surface area contributed by atoms with E-state index in [1.807, 2.05) is 0 Å². The summed E-state index contributed by atoms with van der Waals surface area (Å²) in [6.07, 6.45) is 0.650. The van der Waals surface area contributed by atoms with E-state index in [1.54, 1.807) is 18.0 Å². The molecule has 4 atom stereocenters. The van der Waals surface area contributed by atoms with Gasteiger partial charge in [-0.1, -0.05) is 24.2 Å². The Morgan fingerprint density at radius 1 is 1.37 bits per heavy atom. The number of halogens is 4. The zero-order valence-corrected chi connectivity index (χ0v) is 27.9. The summed E-state index contributed by atoms with van der Waals surface area (Å²) in [7, 11) is 1.63. The number of hydrogen-bond donors (Lipinski definition) is 1. The van der Waals surface area contributed by atoms with Crippen molar-refractivity contribution in [1.82, 2.24) is 19.8 Å². The number of likely N-dealkylation sites (N-methyl/N-ethyl adjacent to an activating group) is 1. The highest BCUT2D eigenvalue weighted by atomic mass is 35.5. The number of anilines is 2. The van der Waals surface area contributed by atoms with Crippen molar-refractivity contribution >= 4 is 66.3 Å². The molecule has 252 valence electrons. The average molecular weight is 707 g/mol. The van der Waals surface area contributed by atoms with E-state index in [9.17, 15) is 18.8 Å². The number of nitrogen functional groups attached to an aromatic ring is 1. The summed E-state index contributed by atoms with van der Waals surface area (Å²) < 4.78 is 51.4. The Balaban J connectivity index is 1.41. The van der Waals surface area contributed by atoms with Crippen LogP contribution in [0.15, 0.2) is 30.9 Å². The van der Waals surface area contributed by atoms with Gasteiger partial charge in [-0.15, -0.1) is 11.3 Å². The zero-order chi connectivity index (χ0) is 34.8. The quantitative estimate of drug-likeness (QED) is 0.173. The maximum atomic E-state index is 15.5. The van der Waals surface area contributed by atoms with Gasteiger partial charge in [-0.3, -0.25) is 9.69 Å². The molecule has 3 fully saturated rings. The molecule has 2 aromatic carbocycles. The lowest BCUT2D eigenvalue weighted by atomic mass is 9.94. The average Bonchev–Trinajstić information content (AvgIpc) is 3.83. The molecular weight excluding hydrogens is 677 g/mol. The zero-order valence-electron chi connectivity index (χ0n) is 26.3. The van der Waals surface area contributed by atoms with E-state index in [0.717, 1.165) is 36.8 Å². The molecular formula is C34H30ClF3N8O2S. The van der Waals surface area contributed by atoms with Crippen molar-refractivity contribution in [3.8, 4) is 23.2 Å². The molecule has 49 heavy (non-hydrogen) atoms. The molecule has 15 heteroatoms. The smallest absolute Gasteiger partial charge is 0.319 e. The van der Waals surface area contributed by atoms with Gasteiger partial charge in [0.2, 0.25) is 11.6 Å². The van der Waals surface area contributed by atoms with Crippen LogP contribution in [0.3, 0.4) is 0 Å². The highest BCUT2D eigenvalue weighted by molar-refractivity contribution is 7.23. The number of hydrogen-bond acceptors (Lipinski definition) is 9. The minimum Gasteiger partial charge on any atom is -0.461 e. The van der Waals surface area contributed by atoms with Crippen LogP contribution in [0.25, 0.3) is 37.0 Å². The van der Waals surface area contributed by atoms with Crippen molar-refractivity contribution in [2.75, 3.05) is 50.5 Å². The third-order valence-electron chi connectivity index (χ3n) is 9.95. The van der Waals surface area contributed by atoms with Gasteiger partial charge in [0, 0.05) is 42.9 Å². The number of fused-ring (bicyclic) bond motifs is 3. The number of alkyl halides is 2. The van der Waals surface area contributed by atoms with Crippen molar-refractivity contribution in [3.05, 3.63) is 58.7 Å². The van der Waals surface area contributed by atoms with E-state index in [0.29, 0.717) is 23.9 Å². The van der Waals surface area contributed by atoms with Gasteiger partial charge in [0.15, 0.2) is 0 Å². The van der Waals surface area contributed by atoms with Gasteiger partial charge >= 0.3 is 6.01 Å². The van der Waals surface area contributed by atoms with Crippen molar-refractivity contribution < 1.29 is 22.7 Å². The van der Waals surface area contributed by atoms with Crippen LogP contribution in [0.1, 0.15) is 24.8 Å². The molecule has 0 saturated carbocycles. The number of nitriles is 1. The fraction of sp³-hybridized carbons (Fsp3) is 0.382. The van der Waals surface area contributed by atoms with Crippen molar-refractivity contribution in [2.24, 2.45) is 0 Å². The van der Waals surface area contributed by atoms with Gasteiger partial charge in [0.1, 0.15) is 36.7 Å². The van der Waals surface area contributed by atoms with E-state index in [-0.39, 0.29) is 74.0 Å². The van der Waals surface area contributed by atoms with Crippen LogP contribution < -0.4 is 15.4 Å². The van der Waals surface area contributed by atoms with Crippen LogP contribution in [0.4, 0.5) is 29.7 Å². The molecule has 3 aliphatic heterocycles. The number of amides is 1. The van der Waals surface area contributed by atoms with E-state index in [4.69, 9.17) is 28.6 Å². The van der Waals surface area contributed by atoms with Crippen LogP contribution in [-0.2, 0) is 4.79 Å². The fourth-order valence-corrected chi connectivity index (χ4v) is 8.87. The van der Waals surface area contributed by atoms with Crippen LogP contribution >= 0.6 is 22.9 Å². The highest BCUT2D eigenvalue weighted by Crippen LogP contribution is 2.49. The number of aromatic nitrogens is 2. The van der Waals surface area contributed by atoms with Gasteiger partial charge in [-0.2, -0.15) is 15.2 Å². The molecule has 4 unspecified atom stereocenters. The molecule has 4 aromatic rings. The minimum atomic E-state index is -1.44. The van der Waals surface area contributed by atoms with Gasteiger partial charge in [0.05, 0.1) is 50.5 Å². The highest BCUT2D eigenvalue weighted by Gasteiger charge is 2.49. The Hall–Kier alpha value is -4.63. The van der Waals surface area contributed by atoms with Gasteiger partial charge in [-0.05, 0) is 43.2 Å². The van der Waals surface area contributed by atoms with E-state index in [1.165, 1.54) is 17.0 Å². The maximum Gasteiger partial charge on any atom is 0.319 e. The Kier molecular flexibility index (Phi) is 8.30. The summed E-state index contributed by atoms with van der Waals surface area (Å²) in [6, 6.07) is 5.47. The third kappa shape index (κ3) is 5.30. The number of thiophene rings is 1. The van der Waals surface area contributed by atoms with E-state index in [2.05, 4.69) is 32.4 Å². The van der Waals surface area contributed by atoms with Gasteiger partial charge < -0.3 is 20.3 Å². The van der Waals surface area contributed by atoms with E-state index < -0.39 is 35.6 Å². The van der Waals surface area contributed by atoms with Crippen LogP contribution in [0.5, 0.6) is 6.01 Å². The molecule has 0 aliphatic carbocycles. The summed E-state index contributed by atoms with van der Waals surface area (Å²) in [5.74, 6) is -0.783. The number of carbonyl (C=O) groups is 1. The molecule has 2 N–H and O–H groups in total. The first-order chi connectivity index (χ1) is 23.5. The molecule has 7 rings (SSSR count). The first-order valence-corrected chi connectivity index (χ1v) is 16.8. The molecule has 10 nitrogen and oxygen atoms in total. The lowest BCUT2D eigenvalue weighted by Crippen LogP contribution is -2.43. The Bertz CT molecular complexity index is 2130. The largest absolute Gasteiger partial charge is 0.461 e. The monoisotopic (exact) mass is 706 g/mol. The number of rotatable bonds is 7. The minimum absolute atomic E-state index is 0.00460. The predicted octanol–water partition coefficient (Wildman–Crippen LogP) is 6.43. The molecule has 0 spiro atoms. The number of carbonyl (C=O) groups excluding carboxylic acids is 1. The summed E-state index contributed by atoms with van der Waals surface area (Å²) in [5, 5.41) is 11.4. The Morgan fingerprint density at radius 2 is 2.16 bits per heavy atom. The standard InChI is InChI=1S/C34H30ClF3N8O2S/c1-4-25(47)45-14-23(38)24(15-45)44(3)32-19-10-21(35)26(18-6-7-22(37)30-27(18)29(41-2)31(40)49-30)20(12-39)28(19)42-33(43-32)48-16-34-8-5-9-46(34)13-17(36)11-34/h4,6-7,10,17,23-24H,1,5,8-9,11,13-16,40H2,3H3. The SMILES string of the molecule is [C-]#[N+]c1c(N)sc2c(F)ccc(-c3c(Cl)cc4c(N(C)C5CN(C(=O)C=C)CC5F)nc(OCC56CCCN5CC(F)C6)nc4c3C#N)c12. The second kappa shape index (κ2) is 12.4.